The van der Waals surface area contributed by atoms with E-state index in [2.05, 4.69) is 15.5 Å². The topological polar surface area (TPSA) is 72.0 Å². The van der Waals surface area contributed by atoms with Crippen LogP contribution in [0.5, 0.6) is 0 Å². The summed E-state index contributed by atoms with van der Waals surface area (Å²) >= 11 is 2.66. The third-order valence-corrected chi connectivity index (χ3v) is 5.98. The van der Waals surface area contributed by atoms with E-state index in [-0.39, 0.29) is 11.7 Å². The molecule has 2 heterocycles. The largest absolute Gasteiger partial charge is 0.296 e. The summed E-state index contributed by atoms with van der Waals surface area (Å²) in [5.41, 5.74) is 0. The van der Waals surface area contributed by atoms with Crippen molar-refractivity contribution in [2.24, 2.45) is 0 Å². The predicted octanol–water partition coefficient (Wildman–Crippen LogP) is 4.10. The van der Waals surface area contributed by atoms with Crippen molar-refractivity contribution in [1.82, 2.24) is 10.2 Å². The summed E-state index contributed by atoms with van der Waals surface area (Å²) in [5, 5.41) is 12.6. The van der Waals surface area contributed by atoms with Crippen LogP contribution >= 0.6 is 22.7 Å². The fourth-order valence-electron chi connectivity index (χ4n) is 2.61. The lowest BCUT2D eigenvalue weighted by atomic mass is 9.90. The third-order valence-electron chi connectivity index (χ3n) is 3.79. The first-order valence-corrected chi connectivity index (χ1v) is 9.02. The molecule has 1 saturated carbocycles. The molecule has 1 fully saturated rings. The van der Waals surface area contributed by atoms with Gasteiger partial charge in [0.25, 0.3) is 5.91 Å². The van der Waals surface area contributed by atoms with Crippen molar-refractivity contribution < 1.29 is 9.59 Å². The van der Waals surface area contributed by atoms with Crippen LogP contribution in [0.1, 0.15) is 69.3 Å². The Labute approximate surface area is 136 Å². The molecule has 1 amide bonds. The Morgan fingerprint density at radius 1 is 1.09 bits per heavy atom. The van der Waals surface area contributed by atoms with Gasteiger partial charge in [-0.05, 0) is 31.9 Å². The minimum atomic E-state index is -0.233. The normalized spacial score (nSPS) is 15.7. The van der Waals surface area contributed by atoms with Crippen LogP contribution in [-0.2, 0) is 0 Å². The molecule has 0 bridgehead atoms. The van der Waals surface area contributed by atoms with E-state index in [1.807, 2.05) is 0 Å². The number of hydrogen-bond acceptors (Lipinski definition) is 6. The maximum absolute atomic E-state index is 12.2. The molecule has 0 unspecified atom stereocenters. The quantitative estimate of drug-likeness (QED) is 0.854. The molecule has 0 atom stereocenters. The van der Waals surface area contributed by atoms with Crippen molar-refractivity contribution in [3.8, 4) is 0 Å². The van der Waals surface area contributed by atoms with Gasteiger partial charge in [-0.15, -0.1) is 21.5 Å². The number of carbonyl (C=O) groups is 2. The van der Waals surface area contributed by atoms with Crippen LogP contribution in [-0.4, -0.2) is 21.9 Å². The van der Waals surface area contributed by atoms with E-state index < -0.39 is 0 Å². The molecule has 2 aromatic rings. The fourth-order valence-corrected chi connectivity index (χ4v) is 4.31. The first-order valence-electron chi connectivity index (χ1n) is 7.39. The minimum Gasteiger partial charge on any atom is -0.296 e. The van der Waals surface area contributed by atoms with Crippen LogP contribution in [0.2, 0.25) is 0 Å². The Kier molecular flexibility index (Phi) is 4.63. The summed E-state index contributed by atoms with van der Waals surface area (Å²) in [6, 6.07) is 3.34. The molecule has 0 aliphatic heterocycles. The number of hydrogen-bond donors (Lipinski definition) is 1. The van der Waals surface area contributed by atoms with E-state index in [4.69, 9.17) is 0 Å². The van der Waals surface area contributed by atoms with Crippen LogP contribution in [0.25, 0.3) is 0 Å². The smallest absolute Gasteiger partial charge is 0.267 e. The number of rotatable bonds is 4. The first-order chi connectivity index (χ1) is 10.6. The maximum atomic E-state index is 12.2. The van der Waals surface area contributed by atoms with Crippen LogP contribution in [0.4, 0.5) is 5.13 Å². The molecular formula is C15H17N3O2S2. The molecule has 1 N–H and O–H groups in total. The Balaban J connectivity index is 1.66. The number of ketones is 1. The SMILES string of the molecule is CC(=O)c1ccc(C(=O)Nc2nnc(C3CCCCC3)s2)s1. The Morgan fingerprint density at radius 2 is 1.82 bits per heavy atom. The number of anilines is 1. The van der Waals surface area contributed by atoms with Crippen LogP contribution < -0.4 is 5.32 Å². The van der Waals surface area contributed by atoms with Gasteiger partial charge < -0.3 is 0 Å². The molecular weight excluding hydrogens is 318 g/mol. The lowest BCUT2D eigenvalue weighted by Gasteiger charge is -2.18. The lowest BCUT2D eigenvalue weighted by Crippen LogP contribution is -2.09. The molecule has 3 rings (SSSR count). The van der Waals surface area contributed by atoms with Crippen LogP contribution in [0, 0.1) is 0 Å². The average molecular weight is 335 g/mol. The minimum absolute atomic E-state index is 0.0282. The van der Waals surface area contributed by atoms with E-state index in [1.54, 1.807) is 12.1 Å². The van der Waals surface area contributed by atoms with E-state index in [0.29, 0.717) is 20.8 Å². The second kappa shape index (κ2) is 6.66. The summed E-state index contributed by atoms with van der Waals surface area (Å²) in [6.07, 6.45) is 6.12. The standard InChI is InChI=1S/C15H17N3O2S2/c1-9(19)11-7-8-12(21-11)13(20)16-15-18-17-14(22-15)10-5-3-2-4-6-10/h7-8,10H,2-6H2,1H3,(H,16,18,20). The van der Waals surface area contributed by atoms with Gasteiger partial charge in [-0.3, -0.25) is 14.9 Å². The molecule has 1 aliphatic rings. The second-order valence-corrected chi connectivity index (χ2v) is 7.55. The summed E-state index contributed by atoms with van der Waals surface area (Å²) in [5.74, 6) is 0.228. The average Bonchev–Trinajstić information content (AvgIpc) is 3.17. The zero-order valence-electron chi connectivity index (χ0n) is 12.3. The first kappa shape index (κ1) is 15.3. The van der Waals surface area contributed by atoms with E-state index in [9.17, 15) is 9.59 Å². The third kappa shape index (κ3) is 3.41. The highest BCUT2D eigenvalue weighted by atomic mass is 32.1. The predicted molar refractivity (Wildman–Crippen MR) is 88.0 cm³/mol. The molecule has 2 aromatic heterocycles. The molecule has 5 nitrogen and oxygen atoms in total. The van der Waals surface area contributed by atoms with E-state index in [0.717, 1.165) is 17.8 Å². The van der Waals surface area contributed by atoms with Gasteiger partial charge in [0, 0.05) is 5.92 Å². The van der Waals surface area contributed by atoms with Gasteiger partial charge in [-0.25, -0.2) is 0 Å². The molecule has 0 spiro atoms. The van der Waals surface area contributed by atoms with Gasteiger partial charge in [0.15, 0.2) is 5.78 Å². The zero-order valence-corrected chi connectivity index (χ0v) is 13.9. The van der Waals surface area contributed by atoms with Gasteiger partial charge in [-0.2, -0.15) is 0 Å². The van der Waals surface area contributed by atoms with Gasteiger partial charge in [-0.1, -0.05) is 30.6 Å². The number of Topliss-reactive ketones (excluding diaryl/α,β-unsaturated/α-hetero) is 1. The van der Waals surface area contributed by atoms with E-state index in [1.165, 1.54) is 48.9 Å². The molecule has 22 heavy (non-hydrogen) atoms. The number of nitrogens with one attached hydrogen (secondary N) is 1. The zero-order chi connectivity index (χ0) is 15.5. The highest BCUT2D eigenvalue weighted by molar-refractivity contribution is 7.17. The molecule has 1 aliphatic carbocycles. The molecule has 116 valence electrons. The van der Waals surface area contributed by atoms with E-state index >= 15 is 0 Å². The van der Waals surface area contributed by atoms with Gasteiger partial charge >= 0.3 is 0 Å². The molecule has 7 heteroatoms. The number of amides is 1. The maximum Gasteiger partial charge on any atom is 0.267 e. The summed E-state index contributed by atoms with van der Waals surface area (Å²) in [6.45, 7) is 1.49. The Morgan fingerprint density at radius 3 is 2.50 bits per heavy atom. The summed E-state index contributed by atoms with van der Waals surface area (Å²) in [7, 11) is 0. The van der Waals surface area contributed by atoms with Gasteiger partial charge in [0.2, 0.25) is 5.13 Å². The van der Waals surface area contributed by atoms with Crippen molar-refractivity contribution in [1.29, 1.82) is 0 Å². The summed E-state index contributed by atoms with van der Waals surface area (Å²) < 4.78 is 0. The van der Waals surface area contributed by atoms with Crippen molar-refractivity contribution in [3.05, 3.63) is 26.9 Å². The molecule has 0 aromatic carbocycles. The number of aromatic nitrogens is 2. The van der Waals surface area contributed by atoms with Gasteiger partial charge in [0.05, 0.1) is 9.75 Å². The second-order valence-electron chi connectivity index (χ2n) is 5.45. The van der Waals surface area contributed by atoms with Gasteiger partial charge in [0.1, 0.15) is 5.01 Å². The van der Waals surface area contributed by atoms with Crippen molar-refractivity contribution in [2.75, 3.05) is 5.32 Å². The Bertz CT molecular complexity index is 687. The number of carbonyl (C=O) groups excluding carboxylic acids is 2. The summed E-state index contributed by atoms with van der Waals surface area (Å²) in [4.78, 5) is 24.5. The number of thiophene rings is 1. The van der Waals surface area contributed by atoms with Crippen LogP contribution in [0.15, 0.2) is 12.1 Å². The highest BCUT2D eigenvalue weighted by Gasteiger charge is 2.20. The van der Waals surface area contributed by atoms with Crippen molar-refractivity contribution in [2.45, 2.75) is 44.9 Å². The fraction of sp³-hybridized carbons (Fsp3) is 0.467. The molecule has 0 radical (unpaired) electrons. The van der Waals surface area contributed by atoms with Crippen LogP contribution in [0.3, 0.4) is 0 Å². The Hall–Kier alpha value is -1.60. The lowest BCUT2D eigenvalue weighted by molar-refractivity contribution is 0.101. The molecule has 0 saturated heterocycles. The van der Waals surface area contributed by atoms with Crippen molar-refractivity contribution in [3.63, 3.8) is 0 Å². The monoisotopic (exact) mass is 335 g/mol. The van der Waals surface area contributed by atoms with Crippen molar-refractivity contribution >= 4 is 39.5 Å². The highest BCUT2D eigenvalue weighted by Crippen LogP contribution is 2.35. The number of nitrogens with zero attached hydrogens (tertiary/aromatic N) is 2.